The number of pyridine rings is 1. The number of aliphatic hydroxyl groups excluding tert-OH is 1. The van der Waals surface area contributed by atoms with Crippen LogP contribution in [-0.2, 0) is 4.43 Å². The van der Waals surface area contributed by atoms with Gasteiger partial charge < -0.3 is 9.53 Å². The highest BCUT2D eigenvalue weighted by molar-refractivity contribution is 6.48. The van der Waals surface area contributed by atoms with Crippen molar-refractivity contribution >= 4 is 9.04 Å². The van der Waals surface area contributed by atoms with E-state index in [0.29, 0.717) is 6.42 Å². The van der Waals surface area contributed by atoms with Crippen LogP contribution in [0.1, 0.15) is 57.7 Å². The summed E-state index contributed by atoms with van der Waals surface area (Å²) in [6.45, 7) is 12.7. The zero-order valence-corrected chi connectivity index (χ0v) is 13.9. The van der Waals surface area contributed by atoms with Crippen molar-refractivity contribution in [1.82, 2.24) is 4.98 Å². The van der Waals surface area contributed by atoms with Crippen LogP contribution in [0, 0.1) is 5.41 Å². The van der Waals surface area contributed by atoms with Crippen LogP contribution in [0.2, 0.25) is 13.1 Å². The van der Waals surface area contributed by atoms with Crippen molar-refractivity contribution in [1.29, 1.82) is 0 Å². The maximum Gasteiger partial charge on any atom is 0.205 e. The maximum atomic E-state index is 9.92. The first-order valence-corrected chi connectivity index (χ1v) is 9.28. The average Bonchev–Trinajstić information content (AvgIpc) is 2.33. The van der Waals surface area contributed by atoms with Crippen molar-refractivity contribution in [3.8, 4) is 0 Å². The Kier molecular flexibility index (Phi) is 5.71. The first-order valence-electron chi connectivity index (χ1n) is 6.87. The van der Waals surface area contributed by atoms with Crippen LogP contribution in [-0.4, -0.2) is 19.1 Å². The average molecular weight is 280 g/mol. The molecule has 2 atom stereocenters. The van der Waals surface area contributed by atoms with Crippen LogP contribution in [0.5, 0.6) is 0 Å². The standard InChI is InChI=1S/C15H26NO2Si/c1-7-13(17)11-9-8-10-12(16-11)14(15(2,3)4)18-19(5)6/h8-10,13-14,17H,7H2,1-6H3. The quantitative estimate of drug-likeness (QED) is 0.832. The van der Waals surface area contributed by atoms with Gasteiger partial charge in [-0.1, -0.05) is 33.8 Å². The molecule has 0 saturated heterocycles. The number of hydrogen-bond acceptors (Lipinski definition) is 3. The lowest BCUT2D eigenvalue weighted by Gasteiger charge is -2.32. The van der Waals surface area contributed by atoms with E-state index in [9.17, 15) is 5.11 Å². The smallest absolute Gasteiger partial charge is 0.205 e. The van der Waals surface area contributed by atoms with E-state index in [1.807, 2.05) is 25.1 Å². The summed E-state index contributed by atoms with van der Waals surface area (Å²) < 4.78 is 6.13. The molecular weight excluding hydrogens is 254 g/mol. The molecule has 107 valence electrons. The summed E-state index contributed by atoms with van der Waals surface area (Å²) in [5.74, 6) is 0. The van der Waals surface area contributed by atoms with Gasteiger partial charge in [0.25, 0.3) is 0 Å². The highest BCUT2D eigenvalue weighted by Crippen LogP contribution is 2.36. The van der Waals surface area contributed by atoms with Crippen molar-refractivity contribution in [2.75, 3.05) is 0 Å². The summed E-state index contributed by atoms with van der Waals surface area (Å²) in [5.41, 5.74) is 1.65. The second-order valence-electron chi connectivity index (χ2n) is 6.18. The normalized spacial score (nSPS) is 15.6. The predicted molar refractivity (Wildman–Crippen MR) is 80.3 cm³/mol. The lowest BCUT2D eigenvalue weighted by atomic mass is 9.87. The summed E-state index contributed by atoms with van der Waals surface area (Å²) >= 11 is 0. The van der Waals surface area contributed by atoms with Gasteiger partial charge in [0, 0.05) is 0 Å². The van der Waals surface area contributed by atoms with Crippen molar-refractivity contribution in [3.05, 3.63) is 29.6 Å². The van der Waals surface area contributed by atoms with Crippen LogP contribution in [0.15, 0.2) is 18.2 Å². The fourth-order valence-electron chi connectivity index (χ4n) is 1.93. The molecule has 0 spiro atoms. The van der Waals surface area contributed by atoms with Gasteiger partial charge in [-0.05, 0) is 37.1 Å². The Hall–Kier alpha value is -0.713. The molecule has 1 heterocycles. The minimum absolute atomic E-state index is 0.00920. The molecule has 0 saturated carbocycles. The van der Waals surface area contributed by atoms with Crippen LogP contribution in [0.25, 0.3) is 0 Å². The zero-order valence-electron chi connectivity index (χ0n) is 12.9. The SMILES string of the molecule is CCC(O)c1cccc(C(O[Si](C)C)C(C)(C)C)n1. The van der Waals surface area contributed by atoms with Crippen molar-refractivity contribution in [2.24, 2.45) is 5.41 Å². The van der Waals surface area contributed by atoms with Gasteiger partial charge in [0.1, 0.15) is 0 Å². The van der Waals surface area contributed by atoms with Crippen molar-refractivity contribution in [3.63, 3.8) is 0 Å². The Bertz CT molecular complexity index is 401. The zero-order chi connectivity index (χ0) is 14.6. The minimum Gasteiger partial charge on any atom is -0.408 e. The number of nitrogens with zero attached hydrogens (tertiary/aromatic N) is 1. The number of aliphatic hydroxyl groups is 1. The third kappa shape index (κ3) is 4.71. The number of rotatable bonds is 5. The second-order valence-corrected chi connectivity index (χ2v) is 8.24. The van der Waals surface area contributed by atoms with Gasteiger partial charge in [-0.2, -0.15) is 0 Å². The van der Waals surface area contributed by atoms with E-state index in [1.54, 1.807) is 0 Å². The molecule has 1 aromatic heterocycles. The summed E-state index contributed by atoms with van der Waals surface area (Å²) in [7, 11) is -0.803. The van der Waals surface area contributed by atoms with Crippen molar-refractivity contribution in [2.45, 2.75) is 59.4 Å². The van der Waals surface area contributed by atoms with Crippen molar-refractivity contribution < 1.29 is 9.53 Å². The molecule has 0 aliphatic heterocycles. The fraction of sp³-hybridized carbons (Fsp3) is 0.667. The predicted octanol–water partition coefficient (Wildman–Crippen LogP) is 3.88. The molecule has 0 bridgehead atoms. The molecule has 0 amide bonds. The molecule has 3 nitrogen and oxygen atoms in total. The highest BCUT2D eigenvalue weighted by atomic mass is 28.3. The molecule has 0 aliphatic carbocycles. The molecular formula is C15H26NO2Si. The van der Waals surface area contributed by atoms with E-state index in [1.165, 1.54) is 0 Å². The molecule has 1 rings (SSSR count). The van der Waals surface area contributed by atoms with E-state index >= 15 is 0 Å². The van der Waals surface area contributed by atoms with Gasteiger partial charge in [0.2, 0.25) is 9.04 Å². The summed E-state index contributed by atoms with van der Waals surface area (Å²) in [6, 6.07) is 5.82. The van der Waals surface area contributed by atoms with Crippen LogP contribution in [0.4, 0.5) is 0 Å². The molecule has 4 heteroatoms. The highest BCUT2D eigenvalue weighted by Gasteiger charge is 2.29. The topological polar surface area (TPSA) is 42.4 Å². The third-order valence-electron chi connectivity index (χ3n) is 2.93. The Balaban J connectivity index is 3.09. The van der Waals surface area contributed by atoms with Gasteiger partial charge >= 0.3 is 0 Å². The first-order chi connectivity index (χ1) is 8.75. The molecule has 1 aromatic rings. The lowest BCUT2D eigenvalue weighted by Crippen LogP contribution is -2.27. The van der Waals surface area contributed by atoms with E-state index in [4.69, 9.17) is 4.43 Å². The van der Waals surface area contributed by atoms with E-state index < -0.39 is 15.1 Å². The molecule has 0 fully saturated rings. The Morgan fingerprint density at radius 1 is 1.26 bits per heavy atom. The van der Waals surface area contributed by atoms with Crippen LogP contribution < -0.4 is 0 Å². The molecule has 0 aromatic carbocycles. The lowest BCUT2D eigenvalue weighted by molar-refractivity contribution is 0.0815. The van der Waals surface area contributed by atoms with E-state index in [0.717, 1.165) is 11.4 Å². The third-order valence-corrected chi connectivity index (χ3v) is 3.64. The van der Waals surface area contributed by atoms with Gasteiger partial charge in [0.15, 0.2) is 0 Å². The van der Waals surface area contributed by atoms with E-state index in [2.05, 4.69) is 38.8 Å². The number of hydrogen-bond donors (Lipinski definition) is 1. The number of aromatic nitrogens is 1. The first kappa shape index (κ1) is 16.3. The Labute approximate surface area is 118 Å². The summed E-state index contributed by atoms with van der Waals surface area (Å²) in [5, 5.41) is 9.92. The largest absolute Gasteiger partial charge is 0.408 e. The van der Waals surface area contributed by atoms with Gasteiger partial charge in [-0.3, -0.25) is 4.98 Å². The molecule has 1 radical (unpaired) electrons. The monoisotopic (exact) mass is 280 g/mol. The Morgan fingerprint density at radius 2 is 1.84 bits per heavy atom. The summed E-state index contributed by atoms with van der Waals surface area (Å²) in [4.78, 5) is 4.60. The van der Waals surface area contributed by atoms with Crippen LogP contribution >= 0.6 is 0 Å². The molecule has 2 unspecified atom stereocenters. The molecule has 1 N–H and O–H groups in total. The van der Waals surface area contributed by atoms with Gasteiger partial charge in [0.05, 0.1) is 23.6 Å². The minimum atomic E-state index is -0.803. The maximum absolute atomic E-state index is 9.92. The summed E-state index contributed by atoms with van der Waals surface area (Å²) in [6.07, 6.45) is 0.155. The van der Waals surface area contributed by atoms with Crippen LogP contribution in [0.3, 0.4) is 0 Å². The fourth-order valence-corrected chi connectivity index (χ4v) is 2.87. The van der Waals surface area contributed by atoms with Gasteiger partial charge in [-0.15, -0.1) is 0 Å². The second kappa shape index (κ2) is 6.64. The van der Waals surface area contributed by atoms with E-state index in [-0.39, 0.29) is 11.5 Å². The molecule has 0 aliphatic rings. The molecule has 19 heavy (non-hydrogen) atoms. The van der Waals surface area contributed by atoms with Gasteiger partial charge in [-0.25, -0.2) is 0 Å². The Morgan fingerprint density at radius 3 is 2.32 bits per heavy atom.